The maximum absolute atomic E-state index is 12.9. The molecule has 0 amide bonds. The average molecular weight is 196 g/mol. The number of alkyl halides is 2. The molecule has 0 saturated carbocycles. The van der Waals surface area contributed by atoms with E-state index in [1.807, 2.05) is 0 Å². The SMILES string of the molecule is FC1(F)CCNCCNCSC1. The van der Waals surface area contributed by atoms with Crippen LogP contribution in [0, 0.1) is 0 Å². The normalized spacial score (nSPS) is 26.5. The van der Waals surface area contributed by atoms with Gasteiger partial charge in [-0.15, -0.1) is 11.8 Å². The number of halogens is 2. The van der Waals surface area contributed by atoms with Gasteiger partial charge in [0.2, 0.25) is 0 Å². The maximum Gasteiger partial charge on any atom is 0.258 e. The Morgan fingerprint density at radius 2 is 1.83 bits per heavy atom. The molecule has 2 nitrogen and oxygen atoms in total. The van der Waals surface area contributed by atoms with E-state index in [1.165, 1.54) is 11.8 Å². The van der Waals surface area contributed by atoms with Crippen molar-refractivity contribution >= 4 is 11.8 Å². The summed E-state index contributed by atoms with van der Waals surface area (Å²) < 4.78 is 25.7. The van der Waals surface area contributed by atoms with Gasteiger partial charge in [0.25, 0.3) is 5.92 Å². The predicted molar refractivity (Wildman–Crippen MR) is 47.8 cm³/mol. The number of nitrogens with one attached hydrogen (secondary N) is 2. The minimum absolute atomic E-state index is 0.0417. The van der Waals surface area contributed by atoms with Gasteiger partial charge in [-0.3, -0.25) is 0 Å². The van der Waals surface area contributed by atoms with Crippen LogP contribution in [0.2, 0.25) is 0 Å². The van der Waals surface area contributed by atoms with Crippen LogP contribution in [0.25, 0.3) is 0 Å². The second-order valence-electron chi connectivity index (χ2n) is 2.85. The van der Waals surface area contributed by atoms with Crippen molar-refractivity contribution in [1.29, 1.82) is 0 Å². The van der Waals surface area contributed by atoms with Crippen LogP contribution in [-0.4, -0.2) is 37.2 Å². The lowest BCUT2D eigenvalue weighted by Gasteiger charge is -2.18. The van der Waals surface area contributed by atoms with Crippen LogP contribution in [0.1, 0.15) is 6.42 Å². The predicted octanol–water partition coefficient (Wildman–Crippen LogP) is 0.895. The third-order valence-electron chi connectivity index (χ3n) is 1.66. The summed E-state index contributed by atoms with van der Waals surface area (Å²) in [7, 11) is 0. The summed E-state index contributed by atoms with van der Waals surface area (Å²) in [6.45, 7) is 2.05. The summed E-state index contributed by atoms with van der Waals surface area (Å²) in [5.41, 5.74) is 0. The van der Waals surface area contributed by atoms with Gasteiger partial charge in [0, 0.05) is 31.9 Å². The molecule has 1 aliphatic rings. The van der Waals surface area contributed by atoms with E-state index in [1.54, 1.807) is 0 Å². The van der Waals surface area contributed by atoms with Gasteiger partial charge < -0.3 is 10.6 Å². The van der Waals surface area contributed by atoms with E-state index in [2.05, 4.69) is 10.6 Å². The van der Waals surface area contributed by atoms with E-state index >= 15 is 0 Å². The summed E-state index contributed by atoms with van der Waals surface area (Å²) in [6.07, 6.45) is -0.0417. The summed E-state index contributed by atoms with van der Waals surface area (Å²) in [4.78, 5) is 0. The average Bonchev–Trinajstić information content (AvgIpc) is 2.02. The summed E-state index contributed by atoms with van der Waals surface area (Å²) in [5, 5.41) is 6.02. The Morgan fingerprint density at radius 1 is 1.08 bits per heavy atom. The first-order valence-electron chi connectivity index (χ1n) is 4.08. The van der Waals surface area contributed by atoms with Crippen molar-refractivity contribution in [2.75, 3.05) is 31.3 Å². The van der Waals surface area contributed by atoms with Gasteiger partial charge >= 0.3 is 0 Å². The first-order valence-corrected chi connectivity index (χ1v) is 5.23. The van der Waals surface area contributed by atoms with E-state index in [0.29, 0.717) is 12.4 Å². The first kappa shape index (κ1) is 10.2. The van der Waals surface area contributed by atoms with E-state index < -0.39 is 5.92 Å². The molecule has 0 atom stereocenters. The molecule has 0 aliphatic carbocycles. The van der Waals surface area contributed by atoms with Gasteiger partial charge in [-0.2, -0.15) is 0 Å². The summed E-state index contributed by atoms with van der Waals surface area (Å²) in [6, 6.07) is 0. The third-order valence-corrected chi connectivity index (χ3v) is 2.70. The Hall–Kier alpha value is 0.130. The van der Waals surface area contributed by atoms with Gasteiger partial charge in [0.1, 0.15) is 0 Å². The van der Waals surface area contributed by atoms with Crippen LogP contribution in [0.15, 0.2) is 0 Å². The molecule has 0 bridgehead atoms. The zero-order valence-corrected chi connectivity index (χ0v) is 7.72. The van der Waals surface area contributed by atoms with Gasteiger partial charge in [0.15, 0.2) is 0 Å². The molecule has 0 aromatic heterocycles. The molecule has 0 radical (unpaired) electrons. The minimum atomic E-state index is -2.50. The largest absolute Gasteiger partial charge is 0.315 e. The highest BCUT2D eigenvalue weighted by Crippen LogP contribution is 2.22. The van der Waals surface area contributed by atoms with Gasteiger partial charge in [-0.1, -0.05) is 0 Å². The maximum atomic E-state index is 12.9. The van der Waals surface area contributed by atoms with E-state index in [9.17, 15) is 8.78 Å². The molecule has 12 heavy (non-hydrogen) atoms. The van der Waals surface area contributed by atoms with Crippen molar-refractivity contribution in [3.63, 3.8) is 0 Å². The highest BCUT2D eigenvalue weighted by Gasteiger charge is 2.27. The molecular formula is C7H14F2N2S. The van der Waals surface area contributed by atoms with E-state index in [-0.39, 0.29) is 12.2 Å². The highest BCUT2D eigenvalue weighted by molar-refractivity contribution is 7.99. The number of hydrogen-bond acceptors (Lipinski definition) is 3. The quantitative estimate of drug-likeness (QED) is 0.602. The second-order valence-corrected chi connectivity index (χ2v) is 3.83. The Morgan fingerprint density at radius 3 is 2.67 bits per heavy atom. The molecule has 2 N–H and O–H groups in total. The fourth-order valence-electron chi connectivity index (χ4n) is 0.990. The molecular weight excluding hydrogens is 182 g/mol. The molecule has 0 unspecified atom stereocenters. The molecule has 1 aliphatic heterocycles. The van der Waals surface area contributed by atoms with Crippen molar-refractivity contribution < 1.29 is 8.78 Å². The van der Waals surface area contributed by atoms with Crippen LogP contribution < -0.4 is 10.6 Å². The van der Waals surface area contributed by atoms with E-state index in [4.69, 9.17) is 0 Å². The molecule has 1 heterocycles. The first-order chi connectivity index (χ1) is 5.71. The Kier molecular flexibility index (Phi) is 4.25. The molecule has 0 aromatic rings. The topological polar surface area (TPSA) is 24.1 Å². The molecule has 1 rings (SSSR count). The molecule has 72 valence electrons. The summed E-state index contributed by atoms with van der Waals surface area (Å²) >= 11 is 1.27. The van der Waals surface area contributed by atoms with Gasteiger partial charge in [-0.25, -0.2) is 8.78 Å². The lowest BCUT2D eigenvalue weighted by molar-refractivity contribution is 0.0187. The molecule has 0 spiro atoms. The Labute approximate surface area is 75.5 Å². The standard InChI is InChI=1S/C7H14F2N2S/c8-7(9)1-2-10-3-4-11-6-12-5-7/h10-11H,1-6H2. The minimum Gasteiger partial charge on any atom is -0.315 e. The van der Waals surface area contributed by atoms with Crippen LogP contribution in [0.5, 0.6) is 0 Å². The van der Waals surface area contributed by atoms with E-state index in [0.717, 1.165) is 13.1 Å². The summed E-state index contributed by atoms with van der Waals surface area (Å²) in [5.74, 6) is -1.95. The molecule has 1 saturated heterocycles. The zero-order chi connectivity index (χ0) is 8.86. The van der Waals surface area contributed by atoms with Crippen LogP contribution >= 0.6 is 11.8 Å². The highest BCUT2D eigenvalue weighted by atomic mass is 32.2. The van der Waals surface area contributed by atoms with Crippen LogP contribution in [0.3, 0.4) is 0 Å². The van der Waals surface area contributed by atoms with Gasteiger partial charge in [-0.05, 0) is 0 Å². The van der Waals surface area contributed by atoms with Crippen LogP contribution in [-0.2, 0) is 0 Å². The van der Waals surface area contributed by atoms with Crippen molar-refractivity contribution in [3.05, 3.63) is 0 Å². The lowest BCUT2D eigenvalue weighted by atomic mass is 10.2. The second kappa shape index (κ2) is 4.99. The fourth-order valence-corrected chi connectivity index (χ4v) is 1.82. The zero-order valence-electron chi connectivity index (χ0n) is 6.91. The molecule has 5 heteroatoms. The van der Waals surface area contributed by atoms with Crippen molar-refractivity contribution in [1.82, 2.24) is 10.6 Å². The number of rotatable bonds is 0. The van der Waals surface area contributed by atoms with Crippen molar-refractivity contribution in [3.8, 4) is 0 Å². The molecule has 0 aromatic carbocycles. The number of thioether (sulfide) groups is 1. The Balaban J connectivity index is 2.27. The van der Waals surface area contributed by atoms with Crippen LogP contribution in [0.4, 0.5) is 8.78 Å². The third kappa shape index (κ3) is 4.23. The van der Waals surface area contributed by atoms with Crippen molar-refractivity contribution in [2.45, 2.75) is 12.3 Å². The smallest absolute Gasteiger partial charge is 0.258 e. The lowest BCUT2D eigenvalue weighted by Crippen LogP contribution is -2.34. The monoisotopic (exact) mass is 196 g/mol. The van der Waals surface area contributed by atoms with Gasteiger partial charge in [0.05, 0.1) is 5.75 Å². The van der Waals surface area contributed by atoms with Crippen molar-refractivity contribution in [2.24, 2.45) is 0 Å². The fraction of sp³-hybridized carbons (Fsp3) is 1.00. The molecule has 1 fully saturated rings. The Bertz CT molecular complexity index is 121. The number of hydrogen-bond donors (Lipinski definition) is 2.